The number of amides is 1. The van der Waals surface area contributed by atoms with Crippen LogP contribution in [0, 0.1) is 0 Å². The lowest BCUT2D eigenvalue weighted by Crippen LogP contribution is -2.49. The number of hydrogen-bond donors (Lipinski definition) is 1. The van der Waals surface area contributed by atoms with Gasteiger partial charge in [0.1, 0.15) is 5.75 Å². The third-order valence-corrected chi connectivity index (χ3v) is 4.38. The molecule has 0 aromatic heterocycles. The Kier molecular flexibility index (Phi) is 7.58. The van der Waals surface area contributed by atoms with Gasteiger partial charge in [-0.05, 0) is 43.5 Å². The van der Waals surface area contributed by atoms with Crippen LogP contribution in [0.15, 0.2) is 24.3 Å². The molecule has 4 heteroatoms. The number of hydrogen-bond acceptors (Lipinski definition) is 2. The molecule has 3 nitrogen and oxygen atoms in total. The van der Waals surface area contributed by atoms with E-state index in [1.165, 1.54) is 0 Å². The van der Waals surface area contributed by atoms with E-state index in [1.54, 1.807) is 12.1 Å². The van der Waals surface area contributed by atoms with Crippen molar-refractivity contribution in [3.63, 3.8) is 0 Å². The summed E-state index contributed by atoms with van der Waals surface area (Å²) in [5.41, 5.74) is 0.309. The van der Waals surface area contributed by atoms with E-state index in [0.717, 1.165) is 31.4 Å². The molecule has 0 heterocycles. The lowest BCUT2D eigenvalue weighted by Gasteiger charge is -2.30. The molecule has 118 valence electrons. The largest absolute Gasteiger partial charge is 0.494 e. The van der Waals surface area contributed by atoms with Crippen molar-refractivity contribution in [1.82, 2.24) is 5.32 Å². The van der Waals surface area contributed by atoms with Crippen LogP contribution in [-0.4, -0.2) is 23.9 Å². The zero-order valence-corrected chi connectivity index (χ0v) is 14.0. The first-order chi connectivity index (χ1) is 10.1. The molecule has 0 saturated heterocycles. The number of benzene rings is 1. The number of carbonyl (C=O) groups is 1. The Morgan fingerprint density at radius 2 is 1.81 bits per heavy atom. The number of nitrogens with one attached hydrogen (secondary N) is 1. The molecular weight excluding hydrogens is 286 g/mol. The fourth-order valence-electron chi connectivity index (χ4n) is 2.00. The minimum Gasteiger partial charge on any atom is -0.494 e. The van der Waals surface area contributed by atoms with Crippen LogP contribution in [0.25, 0.3) is 0 Å². The molecule has 1 N–H and O–H groups in total. The predicted octanol–water partition coefficient (Wildman–Crippen LogP) is 4.39. The lowest BCUT2D eigenvalue weighted by molar-refractivity contribution is 0.0902. The highest BCUT2D eigenvalue weighted by Gasteiger charge is 2.27. The van der Waals surface area contributed by atoms with Gasteiger partial charge in [-0.2, -0.15) is 0 Å². The molecule has 1 amide bonds. The van der Waals surface area contributed by atoms with Crippen molar-refractivity contribution < 1.29 is 9.53 Å². The smallest absolute Gasteiger partial charge is 0.251 e. The maximum atomic E-state index is 12.3. The summed E-state index contributed by atoms with van der Waals surface area (Å²) in [5, 5.41) is 3.06. The van der Waals surface area contributed by atoms with Crippen LogP contribution < -0.4 is 10.1 Å². The van der Waals surface area contributed by atoms with Gasteiger partial charge in [-0.1, -0.05) is 27.2 Å². The average Bonchev–Trinajstić information content (AvgIpc) is 2.53. The molecular formula is C17H26ClNO2. The first-order valence-electron chi connectivity index (χ1n) is 7.72. The van der Waals surface area contributed by atoms with Crippen molar-refractivity contribution in [2.24, 2.45) is 0 Å². The summed E-state index contributed by atoms with van der Waals surface area (Å²) in [5.74, 6) is 1.14. The number of unbranched alkanes of at least 4 members (excludes halogenated alkanes) is 1. The van der Waals surface area contributed by atoms with Gasteiger partial charge in [0.25, 0.3) is 5.91 Å². The minimum atomic E-state index is -0.324. The molecule has 1 rings (SSSR count). The van der Waals surface area contributed by atoms with Crippen molar-refractivity contribution in [3.05, 3.63) is 29.8 Å². The highest BCUT2D eigenvalue weighted by Crippen LogP contribution is 2.19. The molecule has 0 aliphatic heterocycles. The van der Waals surface area contributed by atoms with E-state index in [9.17, 15) is 4.79 Å². The molecule has 0 unspecified atom stereocenters. The van der Waals surface area contributed by atoms with Crippen LogP contribution >= 0.6 is 11.6 Å². The maximum Gasteiger partial charge on any atom is 0.251 e. The fraction of sp³-hybridized carbons (Fsp3) is 0.588. The maximum absolute atomic E-state index is 12.3. The van der Waals surface area contributed by atoms with Gasteiger partial charge < -0.3 is 10.1 Å². The summed E-state index contributed by atoms with van der Waals surface area (Å²) in [6, 6.07) is 7.26. The lowest BCUT2D eigenvalue weighted by atomic mass is 9.94. The molecule has 0 atom stereocenters. The van der Waals surface area contributed by atoms with Crippen LogP contribution in [0.3, 0.4) is 0 Å². The zero-order valence-electron chi connectivity index (χ0n) is 13.2. The van der Waals surface area contributed by atoms with E-state index >= 15 is 0 Å². The Bertz CT molecular complexity index is 419. The number of alkyl halides is 1. The standard InChI is InChI=1S/C17H26ClNO2/c1-4-7-12-21-15-10-8-14(9-11-15)16(20)19-17(5-2,6-3)13-18/h8-11H,4-7,12-13H2,1-3H3,(H,19,20). The normalized spacial score (nSPS) is 11.2. The monoisotopic (exact) mass is 311 g/mol. The summed E-state index contributed by atoms with van der Waals surface area (Å²) < 4.78 is 5.59. The van der Waals surface area contributed by atoms with Crippen LogP contribution in [0.1, 0.15) is 56.8 Å². The highest BCUT2D eigenvalue weighted by atomic mass is 35.5. The van der Waals surface area contributed by atoms with Gasteiger partial charge in [0.15, 0.2) is 0 Å². The third kappa shape index (κ3) is 5.24. The third-order valence-electron chi connectivity index (χ3n) is 3.87. The Balaban J connectivity index is 2.66. The van der Waals surface area contributed by atoms with Crippen molar-refractivity contribution in [1.29, 1.82) is 0 Å². The van der Waals surface area contributed by atoms with Crippen LogP contribution in [0.2, 0.25) is 0 Å². The van der Waals surface area contributed by atoms with E-state index in [4.69, 9.17) is 16.3 Å². The van der Waals surface area contributed by atoms with E-state index in [0.29, 0.717) is 18.1 Å². The van der Waals surface area contributed by atoms with Gasteiger partial charge in [0.05, 0.1) is 12.1 Å². The molecule has 0 bridgehead atoms. The summed E-state index contributed by atoms with van der Waals surface area (Å²) >= 11 is 6.02. The van der Waals surface area contributed by atoms with Crippen molar-refractivity contribution in [3.8, 4) is 5.75 Å². The Labute approximate surface area is 133 Å². The van der Waals surface area contributed by atoms with E-state index in [2.05, 4.69) is 12.2 Å². The molecule has 0 radical (unpaired) electrons. The molecule has 0 fully saturated rings. The molecule has 0 aliphatic carbocycles. The van der Waals surface area contributed by atoms with Crippen molar-refractivity contribution in [2.75, 3.05) is 12.5 Å². The van der Waals surface area contributed by atoms with Gasteiger partial charge in [-0.3, -0.25) is 4.79 Å². The molecule has 1 aromatic rings. The van der Waals surface area contributed by atoms with Gasteiger partial charge in [0.2, 0.25) is 0 Å². The Morgan fingerprint density at radius 1 is 1.19 bits per heavy atom. The Morgan fingerprint density at radius 3 is 2.29 bits per heavy atom. The number of carbonyl (C=O) groups excluding carboxylic acids is 1. The second-order valence-electron chi connectivity index (χ2n) is 5.30. The van der Waals surface area contributed by atoms with Crippen LogP contribution in [-0.2, 0) is 0 Å². The van der Waals surface area contributed by atoms with Crippen LogP contribution in [0.5, 0.6) is 5.75 Å². The first-order valence-corrected chi connectivity index (χ1v) is 8.25. The fourth-order valence-corrected chi connectivity index (χ4v) is 2.44. The second kappa shape index (κ2) is 8.93. The summed E-state index contributed by atoms with van der Waals surface area (Å²) in [7, 11) is 0. The average molecular weight is 312 g/mol. The number of rotatable bonds is 9. The van der Waals surface area contributed by atoms with Crippen LogP contribution in [0.4, 0.5) is 0 Å². The minimum absolute atomic E-state index is 0.0838. The van der Waals surface area contributed by atoms with E-state index in [-0.39, 0.29) is 11.4 Å². The van der Waals surface area contributed by atoms with Gasteiger partial charge in [-0.25, -0.2) is 0 Å². The van der Waals surface area contributed by atoms with Crippen molar-refractivity contribution >= 4 is 17.5 Å². The summed E-state index contributed by atoms with van der Waals surface area (Å²) in [6.07, 6.45) is 3.77. The summed E-state index contributed by atoms with van der Waals surface area (Å²) in [6.45, 7) is 6.91. The SMILES string of the molecule is CCCCOc1ccc(C(=O)NC(CC)(CC)CCl)cc1. The van der Waals surface area contributed by atoms with E-state index < -0.39 is 0 Å². The molecule has 0 spiro atoms. The van der Waals surface area contributed by atoms with Crippen molar-refractivity contribution in [2.45, 2.75) is 52.0 Å². The molecule has 1 aromatic carbocycles. The van der Waals surface area contributed by atoms with Gasteiger partial charge in [0, 0.05) is 11.4 Å². The first kappa shape index (κ1) is 17.8. The van der Waals surface area contributed by atoms with Gasteiger partial charge >= 0.3 is 0 Å². The van der Waals surface area contributed by atoms with Gasteiger partial charge in [-0.15, -0.1) is 11.6 Å². The second-order valence-corrected chi connectivity index (χ2v) is 5.57. The number of halogens is 1. The molecule has 0 saturated carbocycles. The topological polar surface area (TPSA) is 38.3 Å². The molecule has 0 aliphatic rings. The Hall–Kier alpha value is -1.22. The number of ether oxygens (including phenoxy) is 1. The van der Waals surface area contributed by atoms with E-state index in [1.807, 2.05) is 26.0 Å². The summed E-state index contributed by atoms with van der Waals surface area (Å²) in [4.78, 5) is 12.3. The molecule has 21 heavy (non-hydrogen) atoms. The zero-order chi connectivity index (χ0) is 15.7. The quantitative estimate of drug-likeness (QED) is 0.542. The highest BCUT2D eigenvalue weighted by molar-refractivity contribution is 6.19. The predicted molar refractivity (Wildman–Crippen MR) is 88.3 cm³/mol.